The number of amides is 1. The molecule has 1 aliphatic heterocycles. The summed E-state index contributed by atoms with van der Waals surface area (Å²) in [5.41, 5.74) is 0.968. The maximum atomic E-state index is 12.9. The molecule has 1 amide bonds. The van der Waals surface area contributed by atoms with Crippen LogP contribution in [0.15, 0.2) is 23.1 Å². The molecule has 0 aliphatic carbocycles. The molecule has 2 aromatic rings. The summed E-state index contributed by atoms with van der Waals surface area (Å²) in [6, 6.07) is 4.74. The van der Waals surface area contributed by atoms with Gasteiger partial charge >= 0.3 is 5.97 Å². The molecular formula is C20H25N3O5S2. The van der Waals surface area contributed by atoms with E-state index in [0.717, 1.165) is 9.75 Å². The van der Waals surface area contributed by atoms with Crippen molar-refractivity contribution < 1.29 is 22.7 Å². The van der Waals surface area contributed by atoms with Gasteiger partial charge in [0, 0.05) is 35.9 Å². The molecule has 8 nitrogen and oxygen atoms in total. The highest BCUT2D eigenvalue weighted by molar-refractivity contribution is 7.89. The molecule has 0 aromatic carbocycles. The van der Waals surface area contributed by atoms with Crippen LogP contribution in [-0.4, -0.2) is 67.3 Å². The van der Waals surface area contributed by atoms with Gasteiger partial charge < -0.3 is 9.64 Å². The lowest BCUT2D eigenvalue weighted by atomic mass is 10.1. The van der Waals surface area contributed by atoms with Crippen LogP contribution in [0.3, 0.4) is 0 Å². The quantitative estimate of drug-likeness (QED) is 0.648. The fourth-order valence-electron chi connectivity index (χ4n) is 3.40. The van der Waals surface area contributed by atoms with E-state index in [9.17, 15) is 18.0 Å². The summed E-state index contributed by atoms with van der Waals surface area (Å²) in [7, 11) is -3.57. The van der Waals surface area contributed by atoms with Crippen LogP contribution in [0, 0.1) is 20.8 Å². The third kappa shape index (κ3) is 4.40. The second-order valence-corrected chi connectivity index (χ2v) is 10.4. The number of thiophene rings is 1. The summed E-state index contributed by atoms with van der Waals surface area (Å²) in [5, 5.41) is 0. The summed E-state index contributed by atoms with van der Waals surface area (Å²) in [6.07, 6.45) is 0. The molecule has 0 spiro atoms. The molecule has 2 aromatic heterocycles. The van der Waals surface area contributed by atoms with E-state index < -0.39 is 16.0 Å². The number of sulfonamides is 1. The molecule has 162 valence electrons. The minimum absolute atomic E-state index is 0.223. The van der Waals surface area contributed by atoms with Gasteiger partial charge in [0.15, 0.2) is 0 Å². The predicted octanol–water partition coefficient (Wildman–Crippen LogP) is 2.39. The van der Waals surface area contributed by atoms with Crippen molar-refractivity contribution in [3.63, 3.8) is 0 Å². The van der Waals surface area contributed by atoms with E-state index in [2.05, 4.69) is 4.98 Å². The van der Waals surface area contributed by atoms with Gasteiger partial charge in [0.05, 0.1) is 22.8 Å². The van der Waals surface area contributed by atoms with Crippen molar-refractivity contribution in [2.75, 3.05) is 32.8 Å². The Kier molecular flexibility index (Phi) is 6.59. The van der Waals surface area contributed by atoms with Crippen molar-refractivity contribution in [2.45, 2.75) is 32.6 Å². The second-order valence-electron chi connectivity index (χ2n) is 7.02. The topological polar surface area (TPSA) is 96.9 Å². The number of aromatic nitrogens is 1. The first-order valence-corrected chi connectivity index (χ1v) is 11.9. The molecule has 0 bridgehead atoms. The van der Waals surface area contributed by atoms with E-state index in [4.69, 9.17) is 4.74 Å². The van der Waals surface area contributed by atoms with E-state index in [1.165, 1.54) is 27.8 Å². The van der Waals surface area contributed by atoms with Crippen LogP contribution in [0.1, 0.15) is 43.2 Å². The van der Waals surface area contributed by atoms with Crippen LogP contribution in [0.4, 0.5) is 0 Å². The van der Waals surface area contributed by atoms with Crippen LogP contribution in [-0.2, 0) is 14.8 Å². The minimum Gasteiger partial charge on any atom is -0.462 e. The smallest absolute Gasteiger partial charge is 0.339 e. The Labute approximate surface area is 180 Å². The number of ether oxygens (including phenoxy) is 1. The fourth-order valence-corrected chi connectivity index (χ4v) is 6.35. The van der Waals surface area contributed by atoms with Crippen LogP contribution < -0.4 is 0 Å². The third-order valence-electron chi connectivity index (χ3n) is 4.94. The lowest BCUT2D eigenvalue weighted by Crippen LogP contribution is -2.50. The number of nitrogens with zero attached hydrogens (tertiary/aromatic N) is 3. The molecular weight excluding hydrogens is 426 g/mol. The van der Waals surface area contributed by atoms with Crippen molar-refractivity contribution in [2.24, 2.45) is 0 Å². The Balaban J connectivity index is 1.69. The Hall–Kier alpha value is -2.30. The normalized spacial score (nSPS) is 15.3. The molecule has 0 unspecified atom stereocenters. The van der Waals surface area contributed by atoms with E-state index in [-0.39, 0.29) is 44.4 Å². The van der Waals surface area contributed by atoms with Crippen LogP contribution in [0.2, 0.25) is 0 Å². The third-order valence-corrected chi connectivity index (χ3v) is 8.06. The van der Waals surface area contributed by atoms with E-state index in [1.54, 1.807) is 31.7 Å². The predicted molar refractivity (Wildman–Crippen MR) is 113 cm³/mol. The van der Waals surface area contributed by atoms with Crippen molar-refractivity contribution in [1.29, 1.82) is 0 Å². The lowest BCUT2D eigenvalue weighted by molar-refractivity contribution is 0.0523. The summed E-state index contributed by atoms with van der Waals surface area (Å²) < 4.78 is 32.3. The van der Waals surface area contributed by atoms with Gasteiger partial charge in [0.1, 0.15) is 5.69 Å². The van der Waals surface area contributed by atoms with Crippen molar-refractivity contribution in [3.05, 3.63) is 44.9 Å². The number of piperazine rings is 1. The zero-order chi connectivity index (χ0) is 22.1. The highest BCUT2D eigenvalue weighted by Gasteiger charge is 2.32. The number of hydrogen-bond donors (Lipinski definition) is 0. The standard InChI is InChI=1S/C20H25N3O5S2/c1-5-28-20(25)16-6-7-17(21-14(16)3)19(24)22-8-10-23(11-9-22)30(26,27)18-12-13(2)29-15(18)4/h6-7,12H,5,8-11H2,1-4H3. The van der Waals surface area contributed by atoms with Gasteiger partial charge in [-0.15, -0.1) is 11.3 Å². The summed E-state index contributed by atoms with van der Waals surface area (Å²) >= 11 is 1.46. The van der Waals surface area contributed by atoms with Gasteiger partial charge in [0.2, 0.25) is 10.0 Å². The van der Waals surface area contributed by atoms with Gasteiger partial charge in [-0.05, 0) is 45.9 Å². The number of esters is 1. The highest BCUT2D eigenvalue weighted by Crippen LogP contribution is 2.28. The average molecular weight is 452 g/mol. The molecule has 1 fully saturated rings. The first kappa shape index (κ1) is 22.4. The summed E-state index contributed by atoms with van der Waals surface area (Å²) in [5.74, 6) is -0.757. The van der Waals surface area contributed by atoms with Gasteiger partial charge in [0.25, 0.3) is 5.91 Å². The number of rotatable bonds is 5. The molecule has 3 heterocycles. The zero-order valence-corrected chi connectivity index (χ0v) is 19.1. The van der Waals surface area contributed by atoms with Crippen molar-refractivity contribution in [3.8, 4) is 0 Å². The monoisotopic (exact) mass is 451 g/mol. The molecule has 0 atom stereocenters. The van der Waals surface area contributed by atoms with Gasteiger partial charge in [-0.1, -0.05) is 0 Å². The zero-order valence-electron chi connectivity index (χ0n) is 17.5. The fraction of sp³-hybridized carbons (Fsp3) is 0.450. The number of hydrogen-bond acceptors (Lipinski definition) is 7. The first-order valence-electron chi connectivity index (χ1n) is 9.66. The van der Waals surface area contributed by atoms with Crippen molar-refractivity contribution in [1.82, 2.24) is 14.2 Å². The van der Waals surface area contributed by atoms with Crippen molar-refractivity contribution >= 4 is 33.2 Å². The molecule has 1 saturated heterocycles. The molecule has 10 heteroatoms. The lowest BCUT2D eigenvalue weighted by Gasteiger charge is -2.33. The second kappa shape index (κ2) is 8.83. The summed E-state index contributed by atoms with van der Waals surface area (Å²) in [6.45, 7) is 8.33. The molecule has 3 rings (SSSR count). The van der Waals surface area contributed by atoms with Crippen LogP contribution in [0.5, 0.6) is 0 Å². The highest BCUT2D eigenvalue weighted by atomic mass is 32.2. The van der Waals surface area contributed by atoms with E-state index >= 15 is 0 Å². The number of carbonyl (C=O) groups is 2. The Bertz CT molecular complexity index is 1070. The van der Waals surface area contributed by atoms with Crippen LogP contribution >= 0.6 is 11.3 Å². The molecule has 0 radical (unpaired) electrons. The maximum Gasteiger partial charge on any atom is 0.339 e. The Morgan fingerprint density at radius 2 is 1.80 bits per heavy atom. The first-order chi connectivity index (χ1) is 14.1. The van der Waals surface area contributed by atoms with Gasteiger partial charge in [-0.2, -0.15) is 4.31 Å². The molecule has 1 aliphatic rings. The van der Waals surface area contributed by atoms with Crippen LogP contribution in [0.25, 0.3) is 0 Å². The Morgan fingerprint density at radius 1 is 1.13 bits per heavy atom. The number of carbonyl (C=O) groups excluding carboxylic acids is 2. The molecule has 30 heavy (non-hydrogen) atoms. The number of pyridine rings is 1. The number of aryl methyl sites for hydroxylation is 3. The Morgan fingerprint density at radius 3 is 2.33 bits per heavy atom. The molecule has 0 saturated carbocycles. The van der Waals surface area contributed by atoms with E-state index in [0.29, 0.717) is 16.2 Å². The largest absolute Gasteiger partial charge is 0.462 e. The molecule has 0 N–H and O–H groups in total. The minimum atomic E-state index is -3.57. The van der Waals surface area contributed by atoms with E-state index in [1.807, 2.05) is 6.92 Å². The van der Waals surface area contributed by atoms with Gasteiger partial charge in [-0.25, -0.2) is 18.2 Å². The maximum absolute atomic E-state index is 12.9. The SMILES string of the molecule is CCOC(=O)c1ccc(C(=O)N2CCN(S(=O)(=O)c3cc(C)sc3C)CC2)nc1C. The average Bonchev–Trinajstić information content (AvgIpc) is 3.06. The summed E-state index contributed by atoms with van der Waals surface area (Å²) in [4.78, 5) is 32.6. The van der Waals surface area contributed by atoms with Gasteiger partial charge in [-0.3, -0.25) is 4.79 Å².